The van der Waals surface area contributed by atoms with Crippen LogP contribution >= 0.6 is 0 Å². The first-order chi connectivity index (χ1) is 8.69. The Balaban J connectivity index is 1.79. The third-order valence-electron chi connectivity index (χ3n) is 3.11. The van der Waals surface area contributed by atoms with Gasteiger partial charge in [0.15, 0.2) is 5.82 Å². The van der Waals surface area contributed by atoms with Crippen molar-refractivity contribution < 1.29 is 9.53 Å². The van der Waals surface area contributed by atoms with E-state index in [1.54, 1.807) is 0 Å². The summed E-state index contributed by atoms with van der Waals surface area (Å²) in [6, 6.07) is 2.25. The van der Waals surface area contributed by atoms with E-state index in [0.717, 1.165) is 37.4 Å². The highest BCUT2D eigenvalue weighted by Crippen LogP contribution is 2.18. The van der Waals surface area contributed by atoms with Crippen molar-refractivity contribution >= 4 is 11.9 Å². The lowest BCUT2D eigenvalue weighted by molar-refractivity contribution is 0.146. The van der Waals surface area contributed by atoms with Gasteiger partial charge in [-0.3, -0.25) is 5.10 Å². The number of carbonyl (C=O) groups excluding carboxylic acids is 1. The number of carbonyl (C=O) groups is 1. The van der Waals surface area contributed by atoms with Gasteiger partial charge in [-0.15, -0.1) is 0 Å². The van der Waals surface area contributed by atoms with Gasteiger partial charge < -0.3 is 15.0 Å². The number of hydrogen-bond donors (Lipinski definition) is 2. The minimum Gasteiger partial charge on any atom is -0.450 e. The topological polar surface area (TPSA) is 70.2 Å². The predicted octanol–water partition coefficient (Wildman–Crippen LogP) is 1.43. The SMILES string of the molecule is CCOC(=O)NC1CCN(c2cc(C)[nH]n2)CC1. The third kappa shape index (κ3) is 3.15. The second-order valence-electron chi connectivity index (χ2n) is 4.54. The fraction of sp³-hybridized carbons (Fsp3) is 0.667. The molecule has 2 heterocycles. The Hall–Kier alpha value is -1.72. The van der Waals surface area contributed by atoms with Gasteiger partial charge in [-0.2, -0.15) is 5.10 Å². The fourth-order valence-corrected chi connectivity index (χ4v) is 2.16. The van der Waals surface area contributed by atoms with E-state index in [2.05, 4.69) is 20.4 Å². The van der Waals surface area contributed by atoms with Gasteiger partial charge in [-0.1, -0.05) is 0 Å². The van der Waals surface area contributed by atoms with E-state index in [9.17, 15) is 4.79 Å². The van der Waals surface area contributed by atoms with E-state index in [-0.39, 0.29) is 12.1 Å². The summed E-state index contributed by atoms with van der Waals surface area (Å²) in [6.07, 6.45) is 1.53. The summed E-state index contributed by atoms with van der Waals surface area (Å²) in [6.45, 7) is 6.02. The first kappa shape index (κ1) is 12.7. The maximum absolute atomic E-state index is 11.3. The lowest BCUT2D eigenvalue weighted by atomic mass is 10.1. The molecule has 1 amide bonds. The first-order valence-electron chi connectivity index (χ1n) is 6.39. The Labute approximate surface area is 107 Å². The van der Waals surface area contributed by atoms with Crippen molar-refractivity contribution in [2.24, 2.45) is 0 Å². The molecule has 1 aliphatic rings. The van der Waals surface area contributed by atoms with E-state index >= 15 is 0 Å². The van der Waals surface area contributed by atoms with Crippen LogP contribution in [0.4, 0.5) is 10.6 Å². The molecule has 0 aromatic carbocycles. The van der Waals surface area contributed by atoms with Crippen LogP contribution in [0.1, 0.15) is 25.5 Å². The molecule has 2 N–H and O–H groups in total. The third-order valence-corrected chi connectivity index (χ3v) is 3.11. The average molecular weight is 252 g/mol. The Morgan fingerprint density at radius 2 is 2.33 bits per heavy atom. The summed E-state index contributed by atoms with van der Waals surface area (Å²) in [4.78, 5) is 13.5. The Kier molecular flexibility index (Phi) is 4.07. The van der Waals surface area contributed by atoms with Crippen LogP contribution in [0.3, 0.4) is 0 Å². The number of nitrogens with one attached hydrogen (secondary N) is 2. The van der Waals surface area contributed by atoms with Crippen molar-refractivity contribution in [3.05, 3.63) is 11.8 Å². The van der Waals surface area contributed by atoms with Crippen molar-refractivity contribution in [3.8, 4) is 0 Å². The van der Waals surface area contributed by atoms with Crippen LogP contribution in [0, 0.1) is 6.92 Å². The molecule has 0 radical (unpaired) electrons. The molecule has 1 saturated heterocycles. The average Bonchev–Trinajstić information content (AvgIpc) is 2.77. The number of anilines is 1. The van der Waals surface area contributed by atoms with Gasteiger partial charge in [0.1, 0.15) is 0 Å². The lowest BCUT2D eigenvalue weighted by Gasteiger charge is -2.32. The molecule has 1 aromatic heterocycles. The number of aromatic nitrogens is 2. The highest BCUT2D eigenvalue weighted by atomic mass is 16.5. The minimum absolute atomic E-state index is 0.209. The van der Waals surface area contributed by atoms with Gasteiger partial charge in [0.05, 0.1) is 6.61 Å². The molecule has 0 bridgehead atoms. The number of ether oxygens (including phenoxy) is 1. The highest BCUT2D eigenvalue weighted by molar-refractivity contribution is 5.67. The molecule has 2 rings (SSSR count). The standard InChI is InChI=1S/C12H20N4O2/c1-3-18-12(17)13-10-4-6-16(7-5-10)11-8-9(2)14-15-11/h8,10H,3-7H2,1-2H3,(H,13,17)(H,14,15). The molecule has 1 aromatic rings. The normalized spacial score (nSPS) is 16.7. The zero-order valence-corrected chi connectivity index (χ0v) is 10.9. The van der Waals surface area contributed by atoms with E-state index in [0.29, 0.717) is 6.61 Å². The number of aromatic amines is 1. The summed E-state index contributed by atoms with van der Waals surface area (Å²) >= 11 is 0. The van der Waals surface area contributed by atoms with Crippen molar-refractivity contribution in [2.45, 2.75) is 32.7 Å². The first-order valence-corrected chi connectivity index (χ1v) is 6.39. The van der Waals surface area contributed by atoms with Gasteiger partial charge in [-0.05, 0) is 26.7 Å². The summed E-state index contributed by atoms with van der Waals surface area (Å²) in [5.41, 5.74) is 1.07. The predicted molar refractivity (Wildman–Crippen MR) is 68.7 cm³/mol. The van der Waals surface area contributed by atoms with Crippen molar-refractivity contribution in [1.82, 2.24) is 15.5 Å². The zero-order chi connectivity index (χ0) is 13.0. The summed E-state index contributed by atoms with van der Waals surface area (Å²) in [5, 5.41) is 10.1. The molecule has 0 spiro atoms. The number of amides is 1. The molecule has 1 aliphatic heterocycles. The zero-order valence-electron chi connectivity index (χ0n) is 10.9. The lowest BCUT2D eigenvalue weighted by Crippen LogP contribution is -2.45. The van der Waals surface area contributed by atoms with Crippen LogP contribution in [-0.4, -0.2) is 42.0 Å². The second-order valence-corrected chi connectivity index (χ2v) is 4.54. The van der Waals surface area contributed by atoms with Crippen LogP contribution in [0.2, 0.25) is 0 Å². The minimum atomic E-state index is -0.313. The maximum atomic E-state index is 11.3. The highest BCUT2D eigenvalue weighted by Gasteiger charge is 2.22. The van der Waals surface area contributed by atoms with Gasteiger partial charge in [0.2, 0.25) is 0 Å². The quantitative estimate of drug-likeness (QED) is 0.854. The Bertz CT molecular complexity index is 397. The molecule has 0 aliphatic carbocycles. The molecule has 6 nitrogen and oxygen atoms in total. The van der Waals surface area contributed by atoms with Gasteiger partial charge in [0, 0.05) is 30.9 Å². The number of aryl methyl sites for hydroxylation is 1. The Morgan fingerprint density at radius 1 is 1.61 bits per heavy atom. The van der Waals surface area contributed by atoms with Gasteiger partial charge in [-0.25, -0.2) is 4.79 Å². The molecular formula is C12H20N4O2. The molecule has 100 valence electrons. The number of alkyl carbamates (subject to hydrolysis) is 1. The monoisotopic (exact) mass is 252 g/mol. The Morgan fingerprint density at radius 3 is 2.89 bits per heavy atom. The maximum Gasteiger partial charge on any atom is 0.407 e. The van der Waals surface area contributed by atoms with Crippen LogP contribution in [0.15, 0.2) is 6.07 Å². The number of hydrogen-bond acceptors (Lipinski definition) is 4. The van der Waals surface area contributed by atoms with Crippen LogP contribution in [0.5, 0.6) is 0 Å². The van der Waals surface area contributed by atoms with Crippen LogP contribution in [0.25, 0.3) is 0 Å². The fourth-order valence-electron chi connectivity index (χ4n) is 2.16. The molecule has 18 heavy (non-hydrogen) atoms. The van der Waals surface area contributed by atoms with Crippen molar-refractivity contribution in [1.29, 1.82) is 0 Å². The largest absolute Gasteiger partial charge is 0.450 e. The molecule has 0 unspecified atom stereocenters. The van der Waals surface area contributed by atoms with Crippen LogP contribution in [-0.2, 0) is 4.74 Å². The van der Waals surface area contributed by atoms with E-state index < -0.39 is 0 Å². The molecule has 1 fully saturated rings. The van der Waals surface area contributed by atoms with E-state index in [4.69, 9.17) is 4.74 Å². The van der Waals surface area contributed by atoms with Crippen molar-refractivity contribution in [3.63, 3.8) is 0 Å². The number of H-pyrrole nitrogens is 1. The van der Waals surface area contributed by atoms with Gasteiger partial charge >= 0.3 is 6.09 Å². The second kappa shape index (κ2) is 5.75. The number of piperidine rings is 1. The summed E-state index contributed by atoms with van der Waals surface area (Å²) < 4.78 is 4.88. The molecular weight excluding hydrogens is 232 g/mol. The molecule has 6 heteroatoms. The van der Waals surface area contributed by atoms with Gasteiger partial charge in [0.25, 0.3) is 0 Å². The molecule has 0 saturated carbocycles. The smallest absolute Gasteiger partial charge is 0.407 e. The molecule has 0 atom stereocenters. The van der Waals surface area contributed by atoms with Crippen molar-refractivity contribution in [2.75, 3.05) is 24.6 Å². The van der Waals surface area contributed by atoms with E-state index in [1.807, 2.05) is 19.9 Å². The number of nitrogens with zero attached hydrogens (tertiary/aromatic N) is 2. The van der Waals surface area contributed by atoms with Crippen LogP contribution < -0.4 is 10.2 Å². The number of rotatable bonds is 3. The summed E-state index contributed by atoms with van der Waals surface area (Å²) in [5.74, 6) is 0.988. The summed E-state index contributed by atoms with van der Waals surface area (Å²) in [7, 11) is 0. The van der Waals surface area contributed by atoms with E-state index in [1.165, 1.54) is 0 Å².